The molecule has 0 spiro atoms. The van der Waals surface area contributed by atoms with Gasteiger partial charge >= 0.3 is 0 Å². The number of amides is 1. The fourth-order valence-electron chi connectivity index (χ4n) is 1.36. The molecule has 0 aliphatic carbocycles. The van der Waals surface area contributed by atoms with Crippen LogP contribution in [0.15, 0.2) is 9.50 Å². The highest BCUT2D eigenvalue weighted by Gasteiger charge is 2.11. The average Bonchev–Trinajstić information content (AvgIpc) is 3.05. The molecular weight excluding hydrogens is 346 g/mol. The average molecular weight is 362 g/mol. The summed E-state index contributed by atoms with van der Waals surface area (Å²) in [7, 11) is 0. The molecule has 0 bridgehead atoms. The second-order valence-electron chi connectivity index (χ2n) is 4.48. The summed E-state index contributed by atoms with van der Waals surface area (Å²) >= 11 is 5.60. The van der Waals surface area contributed by atoms with Crippen LogP contribution in [0.5, 0.6) is 0 Å². The van der Waals surface area contributed by atoms with Gasteiger partial charge in [0.15, 0.2) is 4.34 Å². The Balaban J connectivity index is 1.80. The minimum Gasteiger partial charge on any atom is -0.300 e. The van der Waals surface area contributed by atoms with E-state index < -0.39 is 0 Å². The molecular formula is C11H15N5OS4. The summed E-state index contributed by atoms with van der Waals surface area (Å²) in [5, 5.41) is 13.1. The van der Waals surface area contributed by atoms with E-state index in [-0.39, 0.29) is 5.91 Å². The molecule has 114 valence electrons. The molecule has 0 saturated carbocycles. The maximum atomic E-state index is 11.9. The monoisotopic (exact) mass is 361 g/mol. The molecule has 0 aliphatic heterocycles. The van der Waals surface area contributed by atoms with Gasteiger partial charge in [0.1, 0.15) is 5.01 Å². The zero-order chi connectivity index (χ0) is 15.2. The van der Waals surface area contributed by atoms with E-state index in [9.17, 15) is 4.79 Å². The minimum atomic E-state index is -0.104. The number of aromatic nitrogens is 4. The Labute approximate surface area is 139 Å². The Morgan fingerprint density at radius 2 is 2.19 bits per heavy atom. The summed E-state index contributed by atoms with van der Waals surface area (Å²) in [4.78, 5) is 16.1. The van der Waals surface area contributed by atoms with Gasteiger partial charge in [-0.2, -0.15) is 4.37 Å². The highest BCUT2D eigenvalue weighted by molar-refractivity contribution is 8.01. The third kappa shape index (κ3) is 5.53. The fraction of sp³-hybridized carbons (Fsp3) is 0.545. The quantitative estimate of drug-likeness (QED) is 0.759. The van der Waals surface area contributed by atoms with Gasteiger partial charge in [-0.25, -0.2) is 4.98 Å². The van der Waals surface area contributed by atoms with Crippen LogP contribution in [0.4, 0.5) is 5.13 Å². The molecule has 1 amide bonds. The minimum absolute atomic E-state index is 0.104. The predicted molar refractivity (Wildman–Crippen MR) is 89.5 cm³/mol. The van der Waals surface area contributed by atoms with Gasteiger partial charge in [-0.05, 0) is 23.7 Å². The molecule has 0 aromatic carbocycles. The number of nitrogens with one attached hydrogen (secondary N) is 1. The highest BCUT2D eigenvalue weighted by atomic mass is 32.2. The SMILES string of the molecule is CSc1nsc(SCC(=O)Nc2nnc(CC(C)C)s2)n1. The normalized spacial score (nSPS) is 11.0. The van der Waals surface area contributed by atoms with Crippen LogP contribution in [-0.4, -0.2) is 37.5 Å². The Morgan fingerprint density at radius 1 is 1.38 bits per heavy atom. The molecule has 0 aliphatic rings. The number of carbonyl (C=O) groups is 1. The lowest BCUT2D eigenvalue weighted by Gasteiger charge is -1.99. The van der Waals surface area contributed by atoms with Crippen molar-refractivity contribution in [1.29, 1.82) is 0 Å². The van der Waals surface area contributed by atoms with E-state index in [0.717, 1.165) is 20.9 Å². The summed E-state index contributed by atoms with van der Waals surface area (Å²) in [6.45, 7) is 4.25. The van der Waals surface area contributed by atoms with Crippen molar-refractivity contribution >= 4 is 57.4 Å². The van der Waals surface area contributed by atoms with E-state index in [1.54, 1.807) is 0 Å². The Bertz CT molecular complexity index is 597. The van der Waals surface area contributed by atoms with Gasteiger partial charge in [-0.3, -0.25) is 10.1 Å². The van der Waals surface area contributed by atoms with E-state index in [4.69, 9.17) is 0 Å². The van der Waals surface area contributed by atoms with E-state index >= 15 is 0 Å². The third-order valence-electron chi connectivity index (χ3n) is 2.19. The maximum Gasteiger partial charge on any atom is 0.236 e. The van der Waals surface area contributed by atoms with E-state index in [2.05, 4.69) is 38.7 Å². The number of thioether (sulfide) groups is 2. The van der Waals surface area contributed by atoms with Gasteiger partial charge < -0.3 is 0 Å². The molecule has 2 aromatic heterocycles. The molecule has 10 heteroatoms. The summed E-state index contributed by atoms with van der Waals surface area (Å²) in [5.41, 5.74) is 0. The molecule has 0 saturated heterocycles. The van der Waals surface area contributed by atoms with Crippen molar-refractivity contribution in [3.8, 4) is 0 Å². The van der Waals surface area contributed by atoms with Crippen LogP contribution < -0.4 is 5.32 Å². The largest absolute Gasteiger partial charge is 0.300 e. The Hall–Kier alpha value is -0.710. The van der Waals surface area contributed by atoms with Crippen LogP contribution in [0.25, 0.3) is 0 Å². The summed E-state index contributed by atoms with van der Waals surface area (Å²) in [6.07, 6.45) is 2.80. The van der Waals surface area contributed by atoms with Crippen LogP contribution in [0.3, 0.4) is 0 Å². The summed E-state index contributed by atoms with van der Waals surface area (Å²) < 4.78 is 4.95. The second kappa shape index (κ2) is 8.06. The Kier molecular flexibility index (Phi) is 6.40. The van der Waals surface area contributed by atoms with Crippen LogP contribution in [0.1, 0.15) is 18.9 Å². The first-order valence-corrected chi connectivity index (χ1v) is 9.99. The number of nitrogens with zero attached hydrogens (tertiary/aromatic N) is 4. The van der Waals surface area contributed by atoms with Crippen molar-refractivity contribution in [3.63, 3.8) is 0 Å². The van der Waals surface area contributed by atoms with Gasteiger partial charge in [0, 0.05) is 6.42 Å². The maximum absolute atomic E-state index is 11.9. The molecule has 1 N–H and O–H groups in total. The topological polar surface area (TPSA) is 80.7 Å². The first kappa shape index (κ1) is 16.7. The van der Waals surface area contributed by atoms with Crippen molar-refractivity contribution in [2.45, 2.75) is 29.8 Å². The smallest absolute Gasteiger partial charge is 0.236 e. The van der Waals surface area contributed by atoms with Gasteiger partial charge in [0.25, 0.3) is 0 Å². The molecule has 0 radical (unpaired) electrons. The molecule has 6 nitrogen and oxygen atoms in total. The number of anilines is 1. The predicted octanol–water partition coefficient (Wildman–Crippen LogP) is 3.04. The fourth-order valence-corrected chi connectivity index (χ4v) is 4.33. The van der Waals surface area contributed by atoms with Gasteiger partial charge in [-0.15, -0.1) is 10.2 Å². The first-order chi connectivity index (χ1) is 10.1. The van der Waals surface area contributed by atoms with Crippen LogP contribution in [0.2, 0.25) is 0 Å². The standard InChI is InChI=1S/C11H15N5OS4/c1-6(2)4-8-14-15-9(20-8)12-7(17)5-19-11-13-10(18-3)16-21-11/h6H,4-5H2,1-3H3,(H,12,15,17). The molecule has 2 aromatic rings. The van der Waals surface area contributed by atoms with Gasteiger partial charge in [0.05, 0.1) is 5.75 Å². The Morgan fingerprint density at radius 3 is 2.86 bits per heavy atom. The van der Waals surface area contributed by atoms with E-state index in [0.29, 0.717) is 16.8 Å². The number of carbonyl (C=O) groups excluding carboxylic acids is 1. The summed E-state index contributed by atoms with van der Waals surface area (Å²) in [6, 6.07) is 0. The molecule has 2 heterocycles. The molecule has 21 heavy (non-hydrogen) atoms. The lowest BCUT2D eigenvalue weighted by atomic mass is 10.1. The third-order valence-corrected chi connectivity index (χ3v) is 5.55. The summed E-state index contributed by atoms with van der Waals surface area (Å²) in [5.74, 6) is 0.718. The van der Waals surface area contributed by atoms with Crippen molar-refractivity contribution in [2.75, 3.05) is 17.3 Å². The number of hydrogen-bond acceptors (Lipinski definition) is 9. The lowest BCUT2D eigenvalue weighted by molar-refractivity contribution is -0.113. The number of rotatable bonds is 7. The van der Waals surface area contributed by atoms with Crippen molar-refractivity contribution < 1.29 is 4.79 Å². The highest BCUT2D eigenvalue weighted by Crippen LogP contribution is 2.24. The molecule has 0 fully saturated rings. The van der Waals surface area contributed by atoms with Gasteiger partial charge in [0.2, 0.25) is 16.2 Å². The zero-order valence-corrected chi connectivity index (χ0v) is 15.1. The molecule has 0 atom stereocenters. The van der Waals surface area contributed by atoms with Crippen molar-refractivity contribution in [3.05, 3.63) is 5.01 Å². The molecule has 2 rings (SSSR count). The molecule has 0 unspecified atom stereocenters. The van der Waals surface area contributed by atoms with E-state index in [1.165, 1.54) is 46.4 Å². The van der Waals surface area contributed by atoms with Gasteiger partial charge in [-0.1, -0.05) is 48.7 Å². The zero-order valence-electron chi connectivity index (χ0n) is 11.8. The lowest BCUT2D eigenvalue weighted by Crippen LogP contribution is -2.13. The van der Waals surface area contributed by atoms with Crippen molar-refractivity contribution in [2.24, 2.45) is 5.92 Å². The van der Waals surface area contributed by atoms with E-state index in [1.807, 2.05) is 6.26 Å². The van der Waals surface area contributed by atoms with Crippen molar-refractivity contribution in [1.82, 2.24) is 19.6 Å². The number of hydrogen-bond donors (Lipinski definition) is 1. The second-order valence-corrected chi connectivity index (χ2v) is 8.29. The first-order valence-electron chi connectivity index (χ1n) is 6.19. The van der Waals surface area contributed by atoms with Crippen LogP contribution >= 0.6 is 46.4 Å². The van der Waals surface area contributed by atoms with Crippen LogP contribution in [-0.2, 0) is 11.2 Å². The van der Waals surface area contributed by atoms with Crippen LogP contribution in [0, 0.1) is 5.92 Å².